The molecule has 0 aliphatic carbocycles. The van der Waals surface area contributed by atoms with Crippen LogP contribution in [0.1, 0.15) is 11.7 Å². The van der Waals surface area contributed by atoms with Crippen LogP contribution in [0.2, 0.25) is 0 Å². The molecule has 1 aromatic heterocycles. The number of pyridine rings is 1. The van der Waals surface area contributed by atoms with Gasteiger partial charge in [0.15, 0.2) is 11.5 Å². The van der Waals surface area contributed by atoms with Crippen molar-refractivity contribution in [1.29, 1.82) is 0 Å². The fourth-order valence-corrected chi connectivity index (χ4v) is 1.87. The van der Waals surface area contributed by atoms with Gasteiger partial charge in [-0.2, -0.15) is 0 Å². The number of hydrogen-bond donors (Lipinski definition) is 1. The van der Waals surface area contributed by atoms with Crippen LogP contribution in [-0.2, 0) is 0 Å². The lowest BCUT2D eigenvalue weighted by Crippen LogP contribution is -2.17. The predicted octanol–water partition coefficient (Wildman–Crippen LogP) is 2.27. The fraction of sp³-hybridized carbons (Fsp3) is 0.154. The molecule has 0 bridgehead atoms. The van der Waals surface area contributed by atoms with E-state index in [1.165, 1.54) is 0 Å². The van der Waals surface area contributed by atoms with Gasteiger partial charge < -0.3 is 15.2 Å². The second kappa shape index (κ2) is 4.07. The predicted molar refractivity (Wildman–Crippen MR) is 63.2 cm³/mol. The van der Waals surface area contributed by atoms with Crippen LogP contribution in [0.25, 0.3) is 0 Å². The van der Waals surface area contributed by atoms with E-state index in [-0.39, 0.29) is 6.10 Å². The zero-order valence-corrected chi connectivity index (χ0v) is 9.17. The number of nitrogens with zero attached hydrogens (tertiary/aromatic N) is 1. The summed E-state index contributed by atoms with van der Waals surface area (Å²) in [6.07, 6.45) is 3.21. The van der Waals surface area contributed by atoms with E-state index in [1.807, 2.05) is 30.3 Å². The number of fused-ring (bicyclic) bond motifs is 2. The Balaban J connectivity index is 2.13. The first-order chi connectivity index (χ1) is 8.38. The maximum absolute atomic E-state index is 5.84. The van der Waals surface area contributed by atoms with Crippen LogP contribution >= 0.6 is 0 Å². The first-order valence-corrected chi connectivity index (χ1v) is 5.46. The van der Waals surface area contributed by atoms with Crippen molar-refractivity contribution in [3.05, 3.63) is 48.3 Å². The summed E-state index contributed by atoms with van der Waals surface area (Å²) < 4.78 is 11.7. The van der Waals surface area contributed by atoms with Gasteiger partial charge >= 0.3 is 0 Å². The highest BCUT2D eigenvalue weighted by Crippen LogP contribution is 2.40. The molecule has 2 heterocycles. The summed E-state index contributed by atoms with van der Waals surface area (Å²) in [5.74, 6) is 2.16. The topological polar surface area (TPSA) is 57.4 Å². The van der Waals surface area contributed by atoms with Crippen molar-refractivity contribution in [3.63, 3.8) is 0 Å². The molecule has 4 nitrogen and oxygen atoms in total. The van der Waals surface area contributed by atoms with Crippen LogP contribution < -0.4 is 15.2 Å². The van der Waals surface area contributed by atoms with Crippen molar-refractivity contribution >= 4 is 0 Å². The van der Waals surface area contributed by atoms with Crippen molar-refractivity contribution in [2.24, 2.45) is 5.73 Å². The normalized spacial score (nSPS) is 17.1. The standard InChI is InChI=1S/C13H12N2O2/c14-7-13-9-8-15-6-5-10(9)16-11-3-1-2-4-12(11)17-13/h1-6,8,13H,7,14H2. The minimum Gasteiger partial charge on any atom is -0.480 e. The lowest BCUT2D eigenvalue weighted by atomic mass is 10.1. The molecule has 0 saturated heterocycles. The first-order valence-electron chi connectivity index (χ1n) is 5.46. The Kier molecular flexibility index (Phi) is 2.42. The minimum absolute atomic E-state index is 0.220. The summed E-state index contributed by atoms with van der Waals surface area (Å²) in [7, 11) is 0. The molecule has 0 spiro atoms. The highest BCUT2D eigenvalue weighted by atomic mass is 16.5. The number of benzene rings is 1. The van der Waals surface area contributed by atoms with Crippen LogP contribution in [0.5, 0.6) is 17.2 Å². The SMILES string of the molecule is NCC1Oc2ccccc2Oc2ccncc21. The Bertz CT molecular complexity index is 542. The van der Waals surface area contributed by atoms with Crippen molar-refractivity contribution in [2.75, 3.05) is 6.54 Å². The number of ether oxygens (including phenoxy) is 2. The van der Waals surface area contributed by atoms with E-state index in [9.17, 15) is 0 Å². The Morgan fingerprint density at radius 1 is 1.12 bits per heavy atom. The maximum atomic E-state index is 5.84. The Morgan fingerprint density at radius 3 is 2.76 bits per heavy atom. The average molecular weight is 228 g/mol. The summed E-state index contributed by atoms with van der Waals surface area (Å²) >= 11 is 0. The monoisotopic (exact) mass is 228 g/mol. The molecule has 0 saturated carbocycles. The smallest absolute Gasteiger partial charge is 0.169 e. The molecule has 4 heteroatoms. The molecule has 3 rings (SSSR count). The van der Waals surface area contributed by atoms with Gasteiger partial charge in [-0.1, -0.05) is 12.1 Å². The van der Waals surface area contributed by atoms with Gasteiger partial charge in [-0.15, -0.1) is 0 Å². The number of nitrogens with two attached hydrogens (primary N) is 1. The van der Waals surface area contributed by atoms with Gasteiger partial charge in [0.25, 0.3) is 0 Å². The number of para-hydroxylation sites is 2. The van der Waals surface area contributed by atoms with Crippen molar-refractivity contribution < 1.29 is 9.47 Å². The minimum atomic E-state index is -0.220. The number of aromatic nitrogens is 1. The Morgan fingerprint density at radius 2 is 1.94 bits per heavy atom. The molecule has 0 radical (unpaired) electrons. The zero-order valence-electron chi connectivity index (χ0n) is 9.17. The molecule has 0 amide bonds. The lowest BCUT2D eigenvalue weighted by Gasteiger charge is -2.15. The van der Waals surface area contributed by atoms with Gasteiger partial charge in [0.2, 0.25) is 0 Å². The van der Waals surface area contributed by atoms with E-state index in [4.69, 9.17) is 15.2 Å². The molecule has 2 N–H and O–H groups in total. The van der Waals surface area contributed by atoms with E-state index in [2.05, 4.69) is 4.98 Å². The van der Waals surface area contributed by atoms with Gasteiger partial charge in [-0.3, -0.25) is 4.98 Å². The molecular formula is C13H12N2O2. The highest BCUT2D eigenvalue weighted by Gasteiger charge is 2.23. The summed E-state index contributed by atoms with van der Waals surface area (Å²) in [5, 5.41) is 0. The quantitative estimate of drug-likeness (QED) is 0.813. The molecule has 1 unspecified atom stereocenters. The third-order valence-corrected chi connectivity index (χ3v) is 2.71. The Hall–Kier alpha value is -2.07. The molecular weight excluding hydrogens is 216 g/mol. The van der Waals surface area contributed by atoms with Crippen LogP contribution in [0.3, 0.4) is 0 Å². The second-order valence-corrected chi connectivity index (χ2v) is 3.80. The van der Waals surface area contributed by atoms with Crippen LogP contribution in [0.4, 0.5) is 0 Å². The molecule has 1 aliphatic heterocycles. The van der Waals surface area contributed by atoms with E-state index in [1.54, 1.807) is 12.4 Å². The average Bonchev–Trinajstić information content (AvgIpc) is 2.54. The molecule has 2 aromatic rings. The van der Waals surface area contributed by atoms with Crippen molar-refractivity contribution in [1.82, 2.24) is 4.98 Å². The largest absolute Gasteiger partial charge is 0.480 e. The van der Waals surface area contributed by atoms with Crippen molar-refractivity contribution in [3.8, 4) is 17.2 Å². The van der Waals surface area contributed by atoms with Crippen LogP contribution in [0.15, 0.2) is 42.7 Å². The molecule has 1 aliphatic rings. The summed E-state index contributed by atoms with van der Waals surface area (Å²) in [6, 6.07) is 9.38. The van der Waals surface area contributed by atoms with Gasteiger partial charge in [0.05, 0.1) is 5.56 Å². The lowest BCUT2D eigenvalue weighted by molar-refractivity contribution is 0.216. The highest BCUT2D eigenvalue weighted by molar-refractivity contribution is 5.47. The number of hydrogen-bond acceptors (Lipinski definition) is 4. The molecule has 17 heavy (non-hydrogen) atoms. The molecule has 1 aromatic carbocycles. The zero-order chi connectivity index (χ0) is 11.7. The van der Waals surface area contributed by atoms with Gasteiger partial charge in [-0.25, -0.2) is 0 Å². The van der Waals surface area contributed by atoms with Crippen molar-refractivity contribution in [2.45, 2.75) is 6.10 Å². The summed E-state index contributed by atoms with van der Waals surface area (Å²) in [6.45, 7) is 0.385. The third kappa shape index (κ3) is 1.72. The number of rotatable bonds is 1. The van der Waals surface area contributed by atoms with Gasteiger partial charge in [0.1, 0.15) is 11.9 Å². The molecule has 0 fully saturated rings. The molecule has 1 atom stereocenters. The maximum Gasteiger partial charge on any atom is 0.169 e. The van der Waals surface area contributed by atoms with E-state index in [0.717, 1.165) is 11.3 Å². The van der Waals surface area contributed by atoms with Crippen LogP contribution in [0, 0.1) is 0 Å². The van der Waals surface area contributed by atoms with E-state index < -0.39 is 0 Å². The Labute approximate surface area is 99.0 Å². The van der Waals surface area contributed by atoms with E-state index >= 15 is 0 Å². The fourth-order valence-electron chi connectivity index (χ4n) is 1.87. The van der Waals surface area contributed by atoms with Gasteiger partial charge in [0, 0.05) is 18.9 Å². The molecule has 86 valence electrons. The summed E-state index contributed by atoms with van der Waals surface area (Å²) in [4.78, 5) is 4.09. The second-order valence-electron chi connectivity index (χ2n) is 3.80. The van der Waals surface area contributed by atoms with Gasteiger partial charge in [-0.05, 0) is 18.2 Å². The van der Waals surface area contributed by atoms with E-state index in [0.29, 0.717) is 18.0 Å². The first kappa shape index (κ1) is 10.1. The summed E-state index contributed by atoms with van der Waals surface area (Å²) in [5.41, 5.74) is 6.62. The third-order valence-electron chi connectivity index (χ3n) is 2.71. The van der Waals surface area contributed by atoms with Crippen LogP contribution in [-0.4, -0.2) is 11.5 Å².